The van der Waals surface area contributed by atoms with Gasteiger partial charge in [-0.25, -0.2) is 9.48 Å². The first kappa shape index (κ1) is 18.8. The molecule has 1 aromatic heterocycles. The van der Waals surface area contributed by atoms with E-state index in [0.29, 0.717) is 16.5 Å². The largest absolute Gasteiger partial charge is 0.477 e. The minimum Gasteiger partial charge on any atom is -0.477 e. The number of benzene rings is 2. The molecule has 2 aromatic carbocycles. The minimum atomic E-state index is -1.13. The number of aliphatic carboxylic acids is 1. The fraction of sp³-hybridized carbons (Fsp3) is 0.0952. The monoisotopic (exact) mass is 408 g/mol. The molecule has 0 radical (unpaired) electrons. The number of aromatic nitrogens is 2. The summed E-state index contributed by atoms with van der Waals surface area (Å²) in [7, 11) is 0. The zero-order chi connectivity index (χ0) is 20.5. The van der Waals surface area contributed by atoms with Crippen molar-refractivity contribution in [2.24, 2.45) is 0 Å². The van der Waals surface area contributed by atoms with Gasteiger partial charge in [0.15, 0.2) is 0 Å². The van der Waals surface area contributed by atoms with Gasteiger partial charge in [0.1, 0.15) is 17.1 Å². The Morgan fingerprint density at radius 3 is 2.66 bits per heavy atom. The van der Waals surface area contributed by atoms with Gasteiger partial charge in [-0.1, -0.05) is 41.4 Å². The van der Waals surface area contributed by atoms with Crippen LogP contribution in [0, 0.1) is 6.92 Å². The third kappa shape index (κ3) is 3.72. The lowest BCUT2D eigenvalue weighted by molar-refractivity contribution is -0.132. The van der Waals surface area contributed by atoms with Crippen molar-refractivity contribution >= 4 is 35.0 Å². The van der Waals surface area contributed by atoms with Gasteiger partial charge in [-0.3, -0.25) is 4.79 Å². The Bertz CT molecular complexity index is 1140. The van der Waals surface area contributed by atoms with Crippen LogP contribution in [0.2, 0.25) is 5.02 Å². The van der Waals surface area contributed by atoms with Gasteiger partial charge >= 0.3 is 5.97 Å². The van der Waals surface area contributed by atoms with Crippen LogP contribution in [0.1, 0.15) is 27.5 Å². The molecule has 0 fully saturated rings. The van der Waals surface area contributed by atoms with Crippen molar-refractivity contribution in [3.63, 3.8) is 0 Å². The third-order valence-electron chi connectivity index (χ3n) is 4.61. The summed E-state index contributed by atoms with van der Waals surface area (Å²) in [5.74, 6) is -1.21. The van der Waals surface area contributed by atoms with E-state index in [4.69, 9.17) is 11.6 Å². The predicted octanol–water partition coefficient (Wildman–Crippen LogP) is 4.08. The summed E-state index contributed by atoms with van der Waals surface area (Å²) in [5.41, 5.74) is 2.68. The lowest BCUT2D eigenvalue weighted by Gasteiger charge is -2.24. The van der Waals surface area contributed by atoms with E-state index in [1.165, 1.54) is 12.3 Å². The Hall–Kier alpha value is -3.58. The average molecular weight is 409 g/mol. The molecule has 0 bridgehead atoms. The van der Waals surface area contributed by atoms with E-state index < -0.39 is 12.0 Å². The summed E-state index contributed by atoms with van der Waals surface area (Å²) in [6, 6.07) is 13.9. The number of carbonyl (C=O) groups excluding carboxylic acids is 1. The van der Waals surface area contributed by atoms with Crippen LogP contribution < -0.4 is 10.6 Å². The number of carbonyl (C=O) groups is 2. The second-order valence-corrected chi connectivity index (χ2v) is 7.12. The van der Waals surface area contributed by atoms with Crippen LogP contribution in [0.5, 0.6) is 0 Å². The quantitative estimate of drug-likeness (QED) is 0.604. The number of fused-ring (bicyclic) bond motifs is 1. The Balaban J connectivity index is 1.72. The summed E-state index contributed by atoms with van der Waals surface area (Å²) in [6.07, 6.45) is 2.96. The zero-order valence-corrected chi connectivity index (χ0v) is 16.1. The van der Waals surface area contributed by atoms with Gasteiger partial charge in [-0.2, -0.15) is 5.10 Å². The van der Waals surface area contributed by atoms with Crippen molar-refractivity contribution in [2.45, 2.75) is 13.0 Å². The van der Waals surface area contributed by atoms with E-state index in [9.17, 15) is 14.7 Å². The SMILES string of the molecule is Cc1ccc(NC(=O)c2cnn3c2NC(C(=O)O)=C[C@@H]3c2cccc(Cl)c2)cc1. The molecule has 2 heterocycles. The van der Waals surface area contributed by atoms with E-state index in [1.54, 1.807) is 35.0 Å². The topological polar surface area (TPSA) is 96.3 Å². The smallest absolute Gasteiger partial charge is 0.352 e. The minimum absolute atomic E-state index is 0.0349. The maximum Gasteiger partial charge on any atom is 0.352 e. The molecule has 0 spiro atoms. The van der Waals surface area contributed by atoms with Gasteiger partial charge < -0.3 is 15.7 Å². The molecule has 7 nitrogen and oxygen atoms in total. The number of anilines is 2. The lowest BCUT2D eigenvalue weighted by atomic mass is 10.0. The summed E-state index contributed by atoms with van der Waals surface area (Å²) in [4.78, 5) is 24.5. The molecule has 0 unspecified atom stereocenters. The number of allylic oxidation sites excluding steroid dienone is 1. The highest BCUT2D eigenvalue weighted by molar-refractivity contribution is 6.30. The number of rotatable bonds is 4. The molecule has 3 aromatic rings. The van der Waals surface area contributed by atoms with Crippen LogP contribution in [0.25, 0.3) is 0 Å². The third-order valence-corrected chi connectivity index (χ3v) is 4.85. The molecule has 29 heavy (non-hydrogen) atoms. The van der Waals surface area contributed by atoms with E-state index in [2.05, 4.69) is 15.7 Å². The molecule has 1 amide bonds. The lowest BCUT2D eigenvalue weighted by Crippen LogP contribution is -2.25. The normalized spacial score (nSPS) is 15.1. The van der Waals surface area contributed by atoms with Crippen LogP contribution in [0.3, 0.4) is 0 Å². The molecule has 3 N–H and O–H groups in total. The molecule has 0 saturated heterocycles. The van der Waals surface area contributed by atoms with Gasteiger partial charge in [-0.05, 0) is 42.8 Å². The number of amides is 1. The van der Waals surface area contributed by atoms with Crippen LogP contribution >= 0.6 is 11.6 Å². The van der Waals surface area contributed by atoms with E-state index in [1.807, 2.05) is 25.1 Å². The standard InChI is InChI=1S/C21H17ClN4O3/c1-12-5-7-15(8-6-12)24-20(27)16-11-23-26-18(13-3-2-4-14(22)9-13)10-17(21(28)29)25-19(16)26/h2-11,18,25H,1H3,(H,24,27)(H,28,29)/t18-/m1/s1. The van der Waals surface area contributed by atoms with Gasteiger partial charge in [0.25, 0.3) is 5.91 Å². The molecule has 8 heteroatoms. The Morgan fingerprint density at radius 1 is 1.21 bits per heavy atom. The Kier molecular flexibility index (Phi) is 4.82. The van der Waals surface area contributed by atoms with Gasteiger partial charge in [0.05, 0.1) is 12.2 Å². The molecule has 0 saturated carbocycles. The first-order valence-electron chi connectivity index (χ1n) is 8.85. The van der Waals surface area contributed by atoms with Gasteiger partial charge in [0, 0.05) is 10.7 Å². The highest BCUT2D eigenvalue weighted by atomic mass is 35.5. The maximum absolute atomic E-state index is 12.8. The predicted molar refractivity (Wildman–Crippen MR) is 110 cm³/mol. The summed E-state index contributed by atoms with van der Waals surface area (Å²) in [5, 5.41) is 20.0. The van der Waals surface area contributed by atoms with Crippen LogP contribution in [0.15, 0.2) is 66.5 Å². The average Bonchev–Trinajstić information content (AvgIpc) is 3.13. The molecule has 146 valence electrons. The molecular formula is C21H17ClN4O3. The Labute approximate surface area is 171 Å². The van der Waals surface area contributed by atoms with Crippen molar-refractivity contribution in [1.29, 1.82) is 0 Å². The summed E-state index contributed by atoms with van der Waals surface area (Å²) in [6.45, 7) is 1.96. The number of aryl methyl sites for hydroxylation is 1. The van der Waals surface area contributed by atoms with Gasteiger partial charge in [-0.15, -0.1) is 0 Å². The first-order chi connectivity index (χ1) is 13.9. The van der Waals surface area contributed by atoms with Crippen LogP contribution in [-0.4, -0.2) is 26.8 Å². The molecule has 1 aliphatic rings. The maximum atomic E-state index is 12.8. The van der Waals surface area contributed by atoms with Crippen molar-refractivity contribution in [3.05, 3.63) is 88.2 Å². The fourth-order valence-electron chi connectivity index (χ4n) is 3.15. The zero-order valence-electron chi connectivity index (χ0n) is 15.4. The van der Waals surface area contributed by atoms with Crippen molar-refractivity contribution in [3.8, 4) is 0 Å². The number of nitrogens with zero attached hydrogens (tertiary/aromatic N) is 2. The molecule has 1 atom stereocenters. The second kappa shape index (κ2) is 7.44. The highest BCUT2D eigenvalue weighted by Crippen LogP contribution is 2.33. The van der Waals surface area contributed by atoms with Crippen LogP contribution in [-0.2, 0) is 4.79 Å². The fourth-order valence-corrected chi connectivity index (χ4v) is 3.35. The van der Waals surface area contributed by atoms with E-state index in [-0.39, 0.29) is 17.2 Å². The molecule has 4 rings (SSSR count). The Morgan fingerprint density at radius 2 is 1.97 bits per heavy atom. The number of carboxylic acid groups (broad SMARTS) is 1. The number of hydrogen-bond donors (Lipinski definition) is 3. The summed E-state index contributed by atoms with van der Waals surface area (Å²) >= 11 is 6.10. The number of hydrogen-bond acceptors (Lipinski definition) is 4. The van der Waals surface area contributed by atoms with Gasteiger partial charge in [0.2, 0.25) is 0 Å². The molecule has 1 aliphatic heterocycles. The van der Waals surface area contributed by atoms with Crippen molar-refractivity contribution < 1.29 is 14.7 Å². The molecular weight excluding hydrogens is 392 g/mol. The summed E-state index contributed by atoms with van der Waals surface area (Å²) < 4.78 is 1.57. The van der Waals surface area contributed by atoms with E-state index >= 15 is 0 Å². The van der Waals surface area contributed by atoms with Crippen LogP contribution in [0.4, 0.5) is 11.5 Å². The first-order valence-corrected chi connectivity index (χ1v) is 9.23. The second-order valence-electron chi connectivity index (χ2n) is 6.68. The van der Waals surface area contributed by atoms with Crippen molar-refractivity contribution in [2.75, 3.05) is 10.6 Å². The van der Waals surface area contributed by atoms with Crippen molar-refractivity contribution in [1.82, 2.24) is 9.78 Å². The van der Waals surface area contributed by atoms with E-state index in [0.717, 1.165) is 11.1 Å². The molecule has 0 aliphatic carbocycles. The number of carboxylic acids is 1. The highest BCUT2D eigenvalue weighted by Gasteiger charge is 2.29. The number of nitrogens with one attached hydrogen (secondary N) is 2. The number of halogens is 1.